The first-order valence-corrected chi connectivity index (χ1v) is 7.90. The molecule has 7 nitrogen and oxygen atoms in total. The van der Waals surface area contributed by atoms with Gasteiger partial charge in [-0.3, -0.25) is 14.5 Å². The highest BCUT2D eigenvalue weighted by Crippen LogP contribution is 2.05. The summed E-state index contributed by atoms with van der Waals surface area (Å²) in [7, 11) is 0. The molecule has 2 heterocycles. The van der Waals surface area contributed by atoms with Gasteiger partial charge in [-0.15, -0.1) is 0 Å². The maximum atomic E-state index is 12.0. The van der Waals surface area contributed by atoms with Crippen molar-refractivity contribution < 1.29 is 4.79 Å². The first kappa shape index (κ1) is 15.6. The maximum absolute atomic E-state index is 12.0. The molecular weight excluding hydrogens is 294 g/mol. The molecule has 1 aliphatic heterocycles. The Labute approximate surface area is 134 Å². The van der Waals surface area contributed by atoms with Crippen LogP contribution in [0.3, 0.4) is 0 Å². The number of aromatic nitrogens is 2. The van der Waals surface area contributed by atoms with Gasteiger partial charge in [-0.2, -0.15) is 0 Å². The second-order valence-corrected chi connectivity index (χ2v) is 5.66. The number of carbonyl (C=O) groups excluding carboxylic acids is 1. The molecule has 23 heavy (non-hydrogen) atoms. The van der Waals surface area contributed by atoms with E-state index in [-0.39, 0.29) is 11.5 Å². The molecule has 122 valence electrons. The minimum absolute atomic E-state index is 0.00929. The average molecular weight is 315 g/mol. The fourth-order valence-electron chi connectivity index (χ4n) is 2.70. The molecule has 1 saturated heterocycles. The maximum Gasteiger partial charge on any atom is 0.258 e. The van der Waals surface area contributed by atoms with Crippen LogP contribution in [0, 0.1) is 0 Å². The fourth-order valence-corrected chi connectivity index (χ4v) is 2.70. The van der Waals surface area contributed by atoms with E-state index in [1.807, 2.05) is 18.2 Å². The van der Waals surface area contributed by atoms with Crippen LogP contribution >= 0.6 is 0 Å². The zero-order chi connectivity index (χ0) is 16.1. The zero-order valence-electron chi connectivity index (χ0n) is 13.0. The second kappa shape index (κ2) is 7.34. The van der Waals surface area contributed by atoms with E-state index in [4.69, 9.17) is 0 Å². The normalized spacial score (nSPS) is 15.7. The van der Waals surface area contributed by atoms with Gasteiger partial charge < -0.3 is 15.6 Å². The Morgan fingerprint density at radius 2 is 2.04 bits per heavy atom. The van der Waals surface area contributed by atoms with Crippen molar-refractivity contribution >= 4 is 16.8 Å². The molecule has 2 aromatic rings. The number of rotatable bonds is 5. The molecule has 1 fully saturated rings. The molecular formula is C16H21N5O2. The molecule has 0 bridgehead atoms. The standard InChI is InChI=1S/C16H21N5O2/c22-15(11-21-9-7-17-8-10-21)18-6-5-14-19-13-4-2-1-3-12(13)16(23)20-14/h1-4,17H,5-11H2,(H,18,22)(H,19,20,23). The summed E-state index contributed by atoms with van der Waals surface area (Å²) in [6.07, 6.45) is 0.507. The number of H-pyrrole nitrogens is 1. The van der Waals surface area contributed by atoms with Crippen molar-refractivity contribution in [1.29, 1.82) is 0 Å². The monoisotopic (exact) mass is 315 g/mol. The van der Waals surface area contributed by atoms with E-state index in [0.717, 1.165) is 26.2 Å². The predicted octanol–water partition coefficient (Wildman–Crippen LogP) is -0.513. The van der Waals surface area contributed by atoms with E-state index < -0.39 is 0 Å². The van der Waals surface area contributed by atoms with Crippen molar-refractivity contribution in [2.75, 3.05) is 39.3 Å². The Kier molecular flexibility index (Phi) is 4.99. The van der Waals surface area contributed by atoms with Gasteiger partial charge in [-0.05, 0) is 12.1 Å². The Balaban J connectivity index is 1.52. The quantitative estimate of drug-likeness (QED) is 0.691. The third kappa shape index (κ3) is 4.14. The molecule has 0 saturated carbocycles. The SMILES string of the molecule is O=C(CN1CCNCC1)NCCc1nc2ccccc2c(=O)[nH]1. The molecule has 1 aliphatic rings. The number of nitrogens with one attached hydrogen (secondary N) is 3. The lowest BCUT2D eigenvalue weighted by Crippen LogP contribution is -2.47. The molecule has 0 spiro atoms. The first-order chi connectivity index (χ1) is 11.2. The topological polar surface area (TPSA) is 90.1 Å². The lowest BCUT2D eigenvalue weighted by atomic mass is 10.2. The molecule has 1 aromatic heterocycles. The minimum Gasteiger partial charge on any atom is -0.355 e. The molecule has 0 atom stereocenters. The summed E-state index contributed by atoms with van der Waals surface area (Å²) in [4.78, 5) is 33.2. The molecule has 3 rings (SSSR count). The van der Waals surface area contributed by atoms with Crippen molar-refractivity contribution in [1.82, 2.24) is 25.5 Å². The number of piperazine rings is 1. The molecule has 0 unspecified atom stereocenters. The number of aromatic amines is 1. The van der Waals surface area contributed by atoms with Crippen LogP contribution in [-0.2, 0) is 11.2 Å². The van der Waals surface area contributed by atoms with Crippen molar-refractivity contribution in [3.05, 3.63) is 40.4 Å². The van der Waals surface area contributed by atoms with Gasteiger partial charge in [0.05, 0.1) is 17.4 Å². The van der Waals surface area contributed by atoms with Crippen LogP contribution in [0.25, 0.3) is 10.9 Å². The number of benzene rings is 1. The number of hydrogen-bond acceptors (Lipinski definition) is 5. The third-order valence-electron chi connectivity index (χ3n) is 3.92. The van der Waals surface area contributed by atoms with Gasteiger partial charge in [0.15, 0.2) is 0 Å². The van der Waals surface area contributed by atoms with Gasteiger partial charge in [0.25, 0.3) is 5.56 Å². The van der Waals surface area contributed by atoms with E-state index in [9.17, 15) is 9.59 Å². The van der Waals surface area contributed by atoms with E-state index in [1.54, 1.807) is 6.07 Å². The Morgan fingerprint density at radius 3 is 2.87 bits per heavy atom. The summed E-state index contributed by atoms with van der Waals surface area (Å²) in [5.41, 5.74) is 0.538. The van der Waals surface area contributed by atoms with Crippen LogP contribution in [0.4, 0.5) is 0 Å². The zero-order valence-corrected chi connectivity index (χ0v) is 13.0. The van der Waals surface area contributed by atoms with Gasteiger partial charge in [-0.1, -0.05) is 12.1 Å². The van der Waals surface area contributed by atoms with Gasteiger partial charge in [0.1, 0.15) is 5.82 Å². The van der Waals surface area contributed by atoms with Crippen molar-refractivity contribution in [3.8, 4) is 0 Å². The first-order valence-electron chi connectivity index (χ1n) is 7.90. The molecule has 1 aromatic carbocycles. The van der Waals surface area contributed by atoms with E-state index in [2.05, 4.69) is 25.5 Å². The van der Waals surface area contributed by atoms with Gasteiger partial charge >= 0.3 is 0 Å². The second-order valence-electron chi connectivity index (χ2n) is 5.66. The highest BCUT2D eigenvalue weighted by molar-refractivity contribution is 5.78. The fraction of sp³-hybridized carbons (Fsp3) is 0.438. The van der Waals surface area contributed by atoms with Crippen LogP contribution in [0.5, 0.6) is 0 Å². The highest BCUT2D eigenvalue weighted by Gasteiger charge is 2.13. The number of para-hydroxylation sites is 1. The van der Waals surface area contributed by atoms with E-state index in [1.165, 1.54) is 0 Å². The van der Waals surface area contributed by atoms with Crippen LogP contribution in [-0.4, -0.2) is 60.0 Å². The van der Waals surface area contributed by atoms with Gasteiger partial charge in [-0.25, -0.2) is 4.98 Å². The van der Waals surface area contributed by atoms with Crippen molar-refractivity contribution in [3.63, 3.8) is 0 Å². The van der Waals surface area contributed by atoms with Gasteiger partial charge in [0.2, 0.25) is 5.91 Å². The lowest BCUT2D eigenvalue weighted by Gasteiger charge is -2.26. The van der Waals surface area contributed by atoms with Crippen LogP contribution in [0.2, 0.25) is 0 Å². The summed E-state index contributed by atoms with van der Waals surface area (Å²) < 4.78 is 0. The van der Waals surface area contributed by atoms with Crippen LogP contribution in [0.15, 0.2) is 29.1 Å². The Hall–Kier alpha value is -2.25. The highest BCUT2D eigenvalue weighted by atomic mass is 16.2. The summed E-state index contributed by atoms with van der Waals surface area (Å²) >= 11 is 0. The molecule has 3 N–H and O–H groups in total. The smallest absolute Gasteiger partial charge is 0.258 e. The summed E-state index contributed by atoms with van der Waals surface area (Å²) in [6, 6.07) is 7.24. The Morgan fingerprint density at radius 1 is 1.26 bits per heavy atom. The summed E-state index contributed by atoms with van der Waals surface area (Å²) in [5, 5.41) is 6.72. The lowest BCUT2D eigenvalue weighted by molar-refractivity contribution is -0.122. The summed E-state index contributed by atoms with van der Waals surface area (Å²) in [5.74, 6) is 0.603. The average Bonchev–Trinajstić information content (AvgIpc) is 2.56. The minimum atomic E-state index is -0.141. The number of hydrogen-bond donors (Lipinski definition) is 3. The molecule has 0 radical (unpaired) electrons. The van der Waals surface area contributed by atoms with Gasteiger partial charge in [0, 0.05) is 39.1 Å². The largest absolute Gasteiger partial charge is 0.355 e. The molecule has 7 heteroatoms. The van der Waals surface area contributed by atoms with E-state index in [0.29, 0.717) is 36.2 Å². The molecule has 0 aliphatic carbocycles. The van der Waals surface area contributed by atoms with Crippen LogP contribution in [0.1, 0.15) is 5.82 Å². The number of fused-ring (bicyclic) bond motifs is 1. The third-order valence-corrected chi connectivity index (χ3v) is 3.92. The van der Waals surface area contributed by atoms with Crippen molar-refractivity contribution in [2.24, 2.45) is 0 Å². The van der Waals surface area contributed by atoms with E-state index >= 15 is 0 Å². The molecule has 1 amide bonds. The van der Waals surface area contributed by atoms with Crippen LogP contribution < -0.4 is 16.2 Å². The number of nitrogens with zero attached hydrogens (tertiary/aromatic N) is 2. The summed E-state index contributed by atoms with van der Waals surface area (Å²) in [6.45, 7) is 4.53. The Bertz CT molecular complexity index is 737. The number of amides is 1. The number of carbonyl (C=O) groups is 1. The van der Waals surface area contributed by atoms with Crippen molar-refractivity contribution in [2.45, 2.75) is 6.42 Å². The predicted molar refractivity (Wildman–Crippen MR) is 88.4 cm³/mol.